The topological polar surface area (TPSA) is 52.4 Å². The van der Waals surface area contributed by atoms with Crippen molar-refractivity contribution in [2.45, 2.75) is 13.8 Å². The molecule has 1 aromatic rings. The number of hydrogen-bond acceptors (Lipinski definition) is 3. The lowest BCUT2D eigenvalue weighted by molar-refractivity contribution is -0.386. The molecule has 14 heavy (non-hydrogen) atoms. The zero-order valence-electron chi connectivity index (χ0n) is 8.13. The minimum Gasteiger partial charge on any atom is -0.490 e. The highest BCUT2D eigenvalue weighted by atomic mass is 35.5. The maximum absolute atomic E-state index is 10.7. The van der Waals surface area contributed by atoms with E-state index in [1.807, 2.05) is 0 Å². The number of hydrogen-bond donors (Lipinski definition) is 0. The van der Waals surface area contributed by atoms with E-state index in [2.05, 4.69) is 0 Å². The Bertz CT molecular complexity index is 390. The number of nitrogens with zero attached hydrogens (tertiary/aromatic N) is 1. The molecule has 0 aliphatic rings. The van der Waals surface area contributed by atoms with Crippen LogP contribution in [0.5, 0.6) is 5.75 Å². The van der Waals surface area contributed by atoms with Crippen molar-refractivity contribution in [1.29, 1.82) is 0 Å². The Kier molecular flexibility index (Phi) is 2.96. The van der Waals surface area contributed by atoms with E-state index >= 15 is 0 Å². The van der Waals surface area contributed by atoms with Crippen LogP contribution in [0.3, 0.4) is 0 Å². The molecule has 4 nitrogen and oxygen atoms in total. The molecular weight excluding hydrogens is 206 g/mol. The molecule has 0 saturated heterocycles. The average molecular weight is 216 g/mol. The van der Waals surface area contributed by atoms with Crippen LogP contribution < -0.4 is 4.74 Å². The van der Waals surface area contributed by atoms with Crippen molar-refractivity contribution in [3.05, 3.63) is 32.3 Å². The molecular formula is C9H10ClNO3. The van der Waals surface area contributed by atoms with Gasteiger partial charge >= 0.3 is 5.69 Å². The maximum Gasteiger partial charge on any atom is 0.315 e. The number of ether oxygens (including phenoxy) is 1. The van der Waals surface area contributed by atoms with Crippen LogP contribution in [-0.2, 0) is 0 Å². The fourth-order valence-electron chi connectivity index (χ4n) is 1.30. The highest BCUT2D eigenvalue weighted by molar-refractivity contribution is 6.32. The van der Waals surface area contributed by atoms with Crippen LogP contribution in [-0.4, -0.2) is 12.0 Å². The van der Waals surface area contributed by atoms with Crippen LogP contribution >= 0.6 is 11.6 Å². The van der Waals surface area contributed by atoms with Gasteiger partial charge in [-0.05, 0) is 25.5 Å². The number of benzene rings is 1. The molecule has 5 heteroatoms. The predicted molar refractivity (Wildman–Crippen MR) is 54.1 cm³/mol. The van der Waals surface area contributed by atoms with Crippen LogP contribution in [0, 0.1) is 24.0 Å². The standard InChI is InChI=1S/C9H10ClNO3/c1-5-4-7(14-3)9(11(12)13)6(2)8(5)10/h4H,1-3H3. The summed E-state index contributed by atoms with van der Waals surface area (Å²) in [5, 5.41) is 11.1. The lowest BCUT2D eigenvalue weighted by atomic mass is 10.1. The Morgan fingerprint density at radius 3 is 2.50 bits per heavy atom. The first kappa shape index (κ1) is 10.8. The monoisotopic (exact) mass is 215 g/mol. The second-order valence-corrected chi connectivity index (χ2v) is 3.32. The third-order valence-electron chi connectivity index (χ3n) is 2.01. The lowest BCUT2D eigenvalue weighted by Gasteiger charge is -2.07. The number of halogens is 1. The molecule has 0 radical (unpaired) electrons. The summed E-state index contributed by atoms with van der Waals surface area (Å²) in [6, 6.07) is 1.56. The van der Waals surface area contributed by atoms with E-state index in [-0.39, 0.29) is 11.4 Å². The minimum absolute atomic E-state index is 0.0666. The Labute approximate surface area is 86.6 Å². The van der Waals surface area contributed by atoms with E-state index in [9.17, 15) is 10.1 Å². The quantitative estimate of drug-likeness (QED) is 0.563. The van der Waals surface area contributed by atoms with Gasteiger partial charge in [0.1, 0.15) is 0 Å². The van der Waals surface area contributed by atoms with Gasteiger partial charge in [0.25, 0.3) is 0 Å². The second-order valence-electron chi connectivity index (χ2n) is 2.94. The smallest absolute Gasteiger partial charge is 0.315 e. The third kappa shape index (κ3) is 1.65. The zero-order chi connectivity index (χ0) is 10.9. The van der Waals surface area contributed by atoms with Gasteiger partial charge in [-0.15, -0.1) is 0 Å². The average Bonchev–Trinajstić information content (AvgIpc) is 2.12. The van der Waals surface area contributed by atoms with E-state index in [4.69, 9.17) is 16.3 Å². The van der Waals surface area contributed by atoms with Crippen LogP contribution in [0.4, 0.5) is 5.69 Å². The van der Waals surface area contributed by atoms with Gasteiger partial charge in [-0.2, -0.15) is 0 Å². The number of nitro groups is 1. The van der Waals surface area contributed by atoms with Crippen molar-refractivity contribution in [1.82, 2.24) is 0 Å². The van der Waals surface area contributed by atoms with Crippen LogP contribution in [0.25, 0.3) is 0 Å². The first-order chi connectivity index (χ1) is 6.49. The summed E-state index contributed by atoms with van der Waals surface area (Å²) in [5.41, 5.74) is 1.14. The Hall–Kier alpha value is -1.29. The van der Waals surface area contributed by atoms with Crippen molar-refractivity contribution in [3.63, 3.8) is 0 Å². The fourth-order valence-corrected chi connectivity index (χ4v) is 1.44. The molecule has 1 rings (SSSR count). The Balaban J connectivity index is 3.53. The molecule has 0 fully saturated rings. The van der Waals surface area contributed by atoms with Crippen molar-refractivity contribution >= 4 is 17.3 Å². The largest absolute Gasteiger partial charge is 0.490 e. The SMILES string of the molecule is COc1cc(C)c(Cl)c(C)c1[N+](=O)[O-]. The summed E-state index contributed by atoms with van der Waals surface area (Å²) in [5.74, 6) is 0.245. The summed E-state index contributed by atoms with van der Waals surface area (Å²) in [4.78, 5) is 10.2. The van der Waals surface area contributed by atoms with Gasteiger partial charge in [-0.1, -0.05) is 11.6 Å². The minimum atomic E-state index is -0.487. The molecule has 0 bridgehead atoms. The first-order valence-corrected chi connectivity index (χ1v) is 4.35. The molecule has 1 aromatic carbocycles. The summed E-state index contributed by atoms with van der Waals surface area (Å²) < 4.78 is 4.92. The molecule has 0 spiro atoms. The van der Waals surface area contributed by atoms with E-state index in [0.717, 1.165) is 5.56 Å². The van der Waals surface area contributed by atoms with E-state index in [1.165, 1.54) is 7.11 Å². The van der Waals surface area contributed by atoms with Crippen molar-refractivity contribution in [2.75, 3.05) is 7.11 Å². The van der Waals surface area contributed by atoms with Gasteiger partial charge in [0.15, 0.2) is 5.75 Å². The Morgan fingerprint density at radius 1 is 1.50 bits per heavy atom. The number of nitro benzene ring substituents is 1. The molecule has 0 N–H and O–H groups in total. The lowest BCUT2D eigenvalue weighted by Crippen LogP contribution is -1.98. The van der Waals surface area contributed by atoms with Gasteiger partial charge in [-0.3, -0.25) is 10.1 Å². The molecule has 0 unspecified atom stereocenters. The van der Waals surface area contributed by atoms with Crippen LogP contribution in [0.2, 0.25) is 5.02 Å². The molecule has 0 aliphatic carbocycles. The predicted octanol–water partition coefficient (Wildman–Crippen LogP) is 2.87. The molecule has 0 saturated carbocycles. The first-order valence-electron chi connectivity index (χ1n) is 3.97. The number of aryl methyl sites for hydroxylation is 1. The third-order valence-corrected chi connectivity index (χ3v) is 2.60. The highest BCUT2D eigenvalue weighted by Gasteiger charge is 2.21. The van der Waals surface area contributed by atoms with Crippen LogP contribution in [0.1, 0.15) is 11.1 Å². The fraction of sp³-hybridized carbons (Fsp3) is 0.333. The highest BCUT2D eigenvalue weighted by Crippen LogP contribution is 2.37. The molecule has 0 amide bonds. The molecule has 0 heterocycles. The van der Waals surface area contributed by atoms with E-state index in [0.29, 0.717) is 10.6 Å². The van der Waals surface area contributed by atoms with Gasteiger partial charge in [0.05, 0.1) is 17.1 Å². The normalized spacial score (nSPS) is 10.0. The molecule has 0 aromatic heterocycles. The zero-order valence-corrected chi connectivity index (χ0v) is 8.88. The summed E-state index contributed by atoms with van der Waals surface area (Å²) in [6.45, 7) is 3.39. The molecule has 0 aliphatic heterocycles. The summed E-state index contributed by atoms with van der Waals surface area (Å²) >= 11 is 5.90. The van der Waals surface area contributed by atoms with Gasteiger partial charge in [0.2, 0.25) is 0 Å². The number of rotatable bonds is 2. The van der Waals surface area contributed by atoms with E-state index < -0.39 is 4.92 Å². The van der Waals surface area contributed by atoms with Gasteiger partial charge in [-0.25, -0.2) is 0 Å². The number of methoxy groups -OCH3 is 1. The summed E-state index contributed by atoms with van der Waals surface area (Å²) in [6.07, 6.45) is 0. The molecule has 76 valence electrons. The van der Waals surface area contributed by atoms with Gasteiger partial charge < -0.3 is 4.74 Å². The van der Waals surface area contributed by atoms with Gasteiger partial charge in [0, 0.05) is 5.56 Å². The Morgan fingerprint density at radius 2 is 2.07 bits per heavy atom. The summed E-state index contributed by atoms with van der Waals surface area (Å²) in [7, 11) is 1.40. The van der Waals surface area contributed by atoms with E-state index in [1.54, 1.807) is 19.9 Å². The second kappa shape index (κ2) is 3.84. The van der Waals surface area contributed by atoms with Crippen LogP contribution in [0.15, 0.2) is 6.07 Å². The van der Waals surface area contributed by atoms with Crippen molar-refractivity contribution < 1.29 is 9.66 Å². The van der Waals surface area contributed by atoms with Crippen molar-refractivity contribution in [2.24, 2.45) is 0 Å². The molecule has 0 atom stereocenters. The van der Waals surface area contributed by atoms with Crippen molar-refractivity contribution in [3.8, 4) is 5.75 Å². The maximum atomic E-state index is 10.7.